The molecule has 0 spiro atoms. The second-order valence-corrected chi connectivity index (χ2v) is 9.48. The normalized spacial score (nSPS) is 16.0. The van der Waals surface area contributed by atoms with Gasteiger partial charge >= 0.3 is 0 Å². The summed E-state index contributed by atoms with van der Waals surface area (Å²) in [4.78, 5) is 7.39. The van der Waals surface area contributed by atoms with Gasteiger partial charge in [-0.25, -0.2) is 13.4 Å². The number of sulfone groups is 1. The molecule has 0 aliphatic carbocycles. The average Bonchev–Trinajstić information content (AvgIpc) is 2.82. The van der Waals surface area contributed by atoms with Gasteiger partial charge in [0.15, 0.2) is 9.84 Å². The molecule has 1 aliphatic heterocycles. The number of aromatic nitrogens is 1. The molecule has 0 saturated carbocycles. The van der Waals surface area contributed by atoms with Crippen LogP contribution in [0.3, 0.4) is 0 Å². The van der Waals surface area contributed by atoms with Crippen molar-refractivity contribution in [3.05, 3.63) is 65.2 Å². The van der Waals surface area contributed by atoms with E-state index in [2.05, 4.69) is 30.0 Å². The van der Waals surface area contributed by atoms with Crippen LogP contribution in [-0.4, -0.2) is 32.2 Å². The summed E-state index contributed by atoms with van der Waals surface area (Å²) in [5.41, 5.74) is 9.93. The number of nitrogens with zero attached hydrogens (tertiary/aromatic N) is 2. The Bertz CT molecular complexity index is 1130. The van der Waals surface area contributed by atoms with Crippen LogP contribution in [0.15, 0.2) is 53.4 Å². The van der Waals surface area contributed by atoms with Crippen molar-refractivity contribution in [2.24, 2.45) is 5.73 Å². The highest BCUT2D eigenvalue weighted by Gasteiger charge is 2.26. The summed E-state index contributed by atoms with van der Waals surface area (Å²) in [7, 11) is -3.28. The van der Waals surface area contributed by atoms with Crippen LogP contribution in [0.2, 0.25) is 0 Å². The zero-order valence-electron chi connectivity index (χ0n) is 16.1. The molecule has 5 nitrogen and oxygen atoms in total. The van der Waals surface area contributed by atoms with Crippen molar-refractivity contribution in [2.75, 3.05) is 23.7 Å². The largest absolute Gasteiger partial charge is 0.351 e. The highest BCUT2D eigenvalue weighted by atomic mass is 32.2. The van der Waals surface area contributed by atoms with E-state index in [1.165, 1.54) is 11.1 Å². The fourth-order valence-electron chi connectivity index (χ4n) is 3.81. The third-order valence-corrected chi connectivity index (χ3v) is 7.10. The number of hydrogen-bond acceptors (Lipinski definition) is 5. The highest BCUT2D eigenvalue weighted by Crippen LogP contribution is 2.29. The molecule has 1 aromatic heterocycles. The standard InChI is InChI=1S/C22H25N3O2S/c1-16-8-9-20-19(13-16)17(6-4-10-23)14-22(24-20)25-11-12-28(26,27)21-7-3-2-5-18(21)15-25/h2-3,5,7-9,13-14H,4,6,10-12,15,23H2,1H3. The van der Waals surface area contributed by atoms with Crippen LogP contribution in [-0.2, 0) is 22.8 Å². The number of anilines is 1. The Morgan fingerprint density at radius 2 is 1.96 bits per heavy atom. The molecule has 3 aromatic rings. The van der Waals surface area contributed by atoms with Crippen LogP contribution >= 0.6 is 0 Å². The topological polar surface area (TPSA) is 76.3 Å². The number of benzene rings is 2. The molecule has 0 bridgehead atoms. The molecule has 0 amide bonds. The third kappa shape index (κ3) is 3.62. The van der Waals surface area contributed by atoms with Gasteiger partial charge in [-0.2, -0.15) is 0 Å². The van der Waals surface area contributed by atoms with Crippen LogP contribution < -0.4 is 10.6 Å². The summed E-state index contributed by atoms with van der Waals surface area (Å²) in [6.45, 7) is 3.69. The van der Waals surface area contributed by atoms with Crippen molar-refractivity contribution in [3.63, 3.8) is 0 Å². The Kier molecular flexibility index (Phi) is 5.08. The minimum atomic E-state index is -3.28. The van der Waals surface area contributed by atoms with E-state index >= 15 is 0 Å². The lowest BCUT2D eigenvalue weighted by atomic mass is 10.0. The van der Waals surface area contributed by atoms with E-state index in [-0.39, 0.29) is 5.75 Å². The Balaban J connectivity index is 1.80. The molecule has 2 N–H and O–H groups in total. The second-order valence-electron chi connectivity index (χ2n) is 7.40. The van der Waals surface area contributed by atoms with Gasteiger partial charge < -0.3 is 10.6 Å². The predicted octanol–water partition coefficient (Wildman–Crippen LogP) is 3.23. The van der Waals surface area contributed by atoms with Gasteiger partial charge in [-0.15, -0.1) is 0 Å². The van der Waals surface area contributed by atoms with Gasteiger partial charge in [0.2, 0.25) is 0 Å². The summed E-state index contributed by atoms with van der Waals surface area (Å²) >= 11 is 0. The lowest BCUT2D eigenvalue weighted by molar-refractivity contribution is 0.596. The summed E-state index contributed by atoms with van der Waals surface area (Å²) in [5, 5.41) is 1.15. The van der Waals surface area contributed by atoms with Crippen molar-refractivity contribution in [2.45, 2.75) is 31.2 Å². The van der Waals surface area contributed by atoms with E-state index < -0.39 is 9.84 Å². The monoisotopic (exact) mass is 395 g/mol. The number of fused-ring (bicyclic) bond motifs is 2. The molecule has 28 heavy (non-hydrogen) atoms. The number of hydrogen-bond donors (Lipinski definition) is 1. The lowest BCUT2D eigenvalue weighted by Crippen LogP contribution is -2.26. The van der Waals surface area contributed by atoms with E-state index in [0.29, 0.717) is 24.5 Å². The van der Waals surface area contributed by atoms with Crippen molar-refractivity contribution < 1.29 is 8.42 Å². The first-order chi connectivity index (χ1) is 13.5. The third-order valence-electron chi connectivity index (χ3n) is 5.31. The first-order valence-electron chi connectivity index (χ1n) is 9.64. The molecule has 6 heteroatoms. The molecule has 1 aliphatic rings. The molecule has 2 aromatic carbocycles. The molecule has 2 heterocycles. The van der Waals surface area contributed by atoms with Crippen molar-refractivity contribution in [1.29, 1.82) is 0 Å². The van der Waals surface area contributed by atoms with Crippen LogP contribution in [0.4, 0.5) is 5.82 Å². The maximum Gasteiger partial charge on any atom is 0.180 e. The molecule has 4 rings (SSSR count). The first kappa shape index (κ1) is 18.9. The summed E-state index contributed by atoms with van der Waals surface area (Å²) in [5.74, 6) is 0.922. The van der Waals surface area contributed by atoms with E-state index in [1.54, 1.807) is 12.1 Å². The number of aryl methyl sites for hydroxylation is 2. The predicted molar refractivity (Wildman–Crippen MR) is 113 cm³/mol. The maximum absolute atomic E-state index is 12.7. The van der Waals surface area contributed by atoms with Gasteiger partial charge in [-0.05, 0) is 61.7 Å². The Hall–Kier alpha value is -2.44. The van der Waals surface area contributed by atoms with E-state index in [1.807, 2.05) is 18.2 Å². The van der Waals surface area contributed by atoms with Crippen LogP contribution in [0.25, 0.3) is 10.9 Å². The second kappa shape index (κ2) is 7.53. The lowest BCUT2D eigenvalue weighted by Gasteiger charge is -2.23. The van der Waals surface area contributed by atoms with Gasteiger partial charge in [0.25, 0.3) is 0 Å². The molecular formula is C22H25N3O2S. The van der Waals surface area contributed by atoms with Gasteiger partial charge in [0.1, 0.15) is 5.82 Å². The van der Waals surface area contributed by atoms with Crippen molar-refractivity contribution in [1.82, 2.24) is 4.98 Å². The van der Waals surface area contributed by atoms with Crippen molar-refractivity contribution in [3.8, 4) is 0 Å². The van der Waals surface area contributed by atoms with Crippen LogP contribution in [0.5, 0.6) is 0 Å². The maximum atomic E-state index is 12.7. The van der Waals surface area contributed by atoms with E-state index in [4.69, 9.17) is 10.7 Å². The highest BCUT2D eigenvalue weighted by molar-refractivity contribution is 7.91. The van der Waals surface area contributed by atoms with Gasteiger partial charge in [-0.1, -0.05) is 29.8 Å². The number of rotatable bonds is 4. The fourth-order valence-corrected chi connectivity index (χ4v) is 5.31. The van der Waals surface area contributed by atoms with E-state index in [0.717, 1.165) is 35.1 Å². The summed E-state index contributed by atoms with van der Waals surface area (Å²) in [6.07, 6.45) is 1.79. The first-order valence-corrected chi connectivity index (χ1v) is 11.3. The Labute approximate surface area is 166 Å². The molecule has 0 unspecified atom stereocenters. The molecule has 0 saturated heterocycles. The minimum Gasteiger partial charge on any atom is -0.351 e. The van der Waals surface area contributed by atoms with Crippen LogP contribution in [0.1, 0.15) is 23.1 Å². The summed E-state index contributed by atoms with van der Waals surface area (Å²) in [6, 6.07) is 15.7. The molecule has 0 atom stereocenters. The molecule has 0 radical (unpaired) electrons. The average molecular weight is 396 g/mol. The van der Waals surface area contributed by atoms with Crippen molar-refractivity contribution >= 4 is 26.6 Å². The Morgan fingerprint density at radius 3 is 2.79 bits per heavy atom. The zero-order chi connectivity index (χ0) is 19.7. The van der Waals surface area contributed by atoms with Gasteiger partial charge in [0.05, 0.1) is 16.2 Å². The van der Waals surface area contributed by atoms with Gasteiger partial charge in [0, 0.05) is 18.5 Å². The van der Waals surface area contributed by atoms with Crippen LogP contribution in [0, 0.1) is 6.92 Å². The fraction of sp³-hybridized carbons (Fsp3) is 0.318. The number of nitrogens with two attached hydrogens (primary N) is 1. The Morgan fingerprint density at radius 1 is 1.14 bits per heavy atom. The molecule has 0 fully saturated rings. The summed E-state index contributed by atoms with van der Waals surface area (Å²) < 4.78 is 25.3. The molecule has 146 valence electrons. The number of pyridine rings is 1. The van der Waals surface area contributed by atoms with E-state index in [9.17, 15) is 8.42 Å². The zero-order valence-corrected chi connectivity index (χ0v) is 16.9. The minimum absolute atomic E-state index is 0.0930. The quantitative estimate of drug-likeness (QED) is 0.734. The SMILES string of the molecule is Cc1ccc2nc(N3CCS(=O)(=O)c4ccccc4C3)cc(CCCN)c2c1. The smallest absolute Gasteiger partial charge is 0.180 e. The molecular weight excluding hydrogens is 370 g/mol. The van der Waals surface area contributed by atoms with Gasteiger partial charge in [-0.3, -0.25) is 0 Å².